The van der Waals surface area contributed by atoms with Crippen LogP contribution >= 0.6 is 0 Å². The predicted molar refractivity (Wildman–Crippen MR) is 119 cm³/mol. The van der Waals surface area contributed by atoms with Crippen molar-refractivity contribution in [3.63, 3.8) is 0 Å². The van der Waals surface area contributed by atoms with Gasteiger partial charge in [-0.3, -0.25) is 4.79 Å². The summed E-state index contributed by atoms with van der Waals surface area (Å²) in [6.07, 6.45) is 3.07. The van der Waals surface area contributed by atoms with E-state index in [2.05, 4.69) is 10.2 Å². The molecule has 2 aromatic carbocycles. The van der Waals surface area contributed by atoms with Crippen LogP contribution in [0, 0.1) is 0 Å². The molecule has 3 heterocycles. The zero-order chi connectivity index (χ0) is 23.2. The molecular formula is C22H19N5O5S. The number of hydrogen-bond donors (Lipinski definition) is 0. The Morgan fingerprint density at radius 2 is 1.79 bits per heavy atom. The van der Waals surface area contributed by atoms with E-state index in [1.807, 2.05) is 0 Å². The third kappa shape index (κ3) is 3.66. The summed E-state index contributed by atoms with van der Waals surface area (Å²) < 4.78 is 40.0. The van der Waals surface area contributed by atoms with E-state index < -0.39 is 10.0 Å². The number of aromatic nitrogens is 4. The van der Waals surface area contributed by atoms with Crippen molar-refractivity contribution in [3.05, 3.63) is 77.2 Å². The predicted octanol–water partition coefficient (Wildman–Crippen LogP) is 2.06. The lowest BCUT2D eigenvalue weighted by atomic mass is 10.2. The Kier molecular flexibility index (Phi) is 4.99. The molecule has 0 N–H and O–H groups in total. The van der Waals surface area contributed by atoms with Gasteiger partial charge >= 0.3 is 0 Å². The first-order valence-corrected chi connectivity index (χ1v) is 11.4. The largest absolute Gasteiger partial charge is 0.454 e. The topological polar surface area (TPSA) is 109 Å². The molecular weight excluding hydrogens is 446 g/mol. The van der Waals surface area contributed by atoms with Crippen molar-refractivity contribution in [2.24, 2.45) is 0 Å². The van der Waals surface area contributed by atoms with E-state index >= 15 is 0 Å². The van der Waals surface area contributed by atoms with Crippen LogP contribution in [0.3, 0.4) is 0 Å². The third-order valence-corrected chi connectivity index (χ3v) is 6.97. The van der Waals surface area contributed by atoms with Gasteiger partial charge in [0.25, 0.3) is 0 Å². The van der Waals surface area contributed by atoms with Gasteiger partial charge in [0.2, 0.25) is 22.2 Å². The van der Waals surface area contributed by atoms with Crippen LogP contribution in [0.5, 0.6) is 11.5 Å². The minimum Gasteiger partial charge on any atom is -0.454 e. The highest BCUT2D eigenvalue weighted by atomic mass is 32.2. The molecule has 0 atom stereocenters. The van der Waals surface area contributed by atoms with E-state index in [1.165, 1.54) is 43.2 Å². The lowest BCUT2D eigenvalue weighted by Gasteiger charge is -2.13. The van der Waals surface area contributed by atoms with Gasteiger partial charge in [0.15, 0.2) is 17.2 Å². The zero-order valence-electron chi connectivity index (χ0n) is 17.7. The number of benzene rings is 2. The summed E-state index contributed by atoms with van der Waals surface area (Å²) in [7, 11) is -0.688. The molecule has 1 aliphatic rings. The van der Waals surface area contributed by atoms with Crippen molar-refractivity contribution in [3.8, 4) is 34.3 Å². The highest BCUT2D eigenvalue weighted by Crippen LogP contribution is 2.34. The summed E-state index contributed by atoms with van der Waals surface area (Å²) in [6, 6.07) is 14.8. The average Bonchev–Trinajstić information content (AvgIpc) is 3.48. The lowest BCUT2D eigenvalue weighted by molar-refractivity contribution is 0.174. The molecule has 0 amide bonds. The first-order chi connectivity index (χ1) is 15.8. The quantitative estimate of drug-likeness (QED) is 0.444. The first kappa shape index (κ1) is 20.9. The van der Waals surface area contributed by atoms with Crippen LogP contribution in [0.4, 0.5) is 0 Å². The highest BCUT2D eigenvalue weighted by molar-refractivity contribution is 7.89. The van der Waals surface area contributed by atoms with Gasteiger partial charge in [-0.2, -0.15) is 10.2 Å². The molecule has 0 saturated heterocycles. The Hall–Kier alpha value is -3.96. The van der Waals surface area contributed by atoms with Gasteiger partial charge in [0, 0.05) is 32.4 Å². The highest BCUT2D eigenvalue weighted by Gasteiger charge is 2.20. The van der Waals surface area contributed by atoms with Crippen LogP contribution in [0.2, 0.25) is 0 Å². The second-order valence-electron chi connectivity index (χ2n) is 7.42. The molecule has 168 valence electrons. The monoisotopic (exact) mass is 465 g/mol. The van der Waals surface area contributed by atoms with E-state index in [1.54, 1.807) is 47.3 Å². The van der Waals surface area contributed by atoms with Crippen LogP contribution in [0.1, 0.15) is 0 Å². The molecule has 0 fully saturated rings. The van der Waals surface area contributed by atoms with Crippen molar-refractivity contribution in [2.45, 2.75) is 4.90 Å². The number of rotatable bonds is 5. The first-order valence-electron chi connectivity index (χ1n) is 9.92. The molecule has 5 rings (SSSR count). The van der Waals surface area contributed by atoms with E-state index in [4.69, 9.17) is 9.47 Å². The maximum Gasteiger partial charge on any atom is 0.242 e. The van der Waals surface area contributed by atoms with Gasteiger partial charge in [0.05, 0.1) is 28.2 Å². The van der Waals surface area contributed by atoms with Gasteiger partial charge in [0.1, 0.15) is 0 Å². The molecule has 0 aliphatic carbocycles. The average molecular weight is 465 g/mol. The number of sulfonamides is 1. The number of ether oxygens (including phenoxy) is 2. The molecule has 10 nitrogen and oxygen atoms in total. The fourth-order valence-corrected chi connectivity index (χ4v) is 4.37. The summed E-state index contributed by atoms with van der Waals surface area (Å²) in [6.45, 7) is 0.151. The van der Waals surface area contributed by atoms with Gasteiger partial charge in [-0.1, -0.05) is 6.07 Å². The normalized spacial score (nSPS) is 12.9. The van der Waals surface area contributed by atoms with Gasteiger partial charge in [-0.05, 0) is 36.4 Å². The molecule has 0 unspecified atom stereocenters. The number of fused-ring (bicyclic) bond motifs is 1. The molecule has 0 bridgehead atoms. The Morgan fingerprint density at radius 3 is 2.61 bits per heavy atom. The molecule has 11 heteroatoms. The molecule has 1 aliphatic heterocycles. The second kappa shape index (κ2) is 7.87. The summed E-state index contributed by atoms with van der Waals surface area (Å²) in [5.41, 5.74) is 1.51. The SMILES string of the molecule is CN(C)S(=O)(=O)c1cccc(-n2ccc(=O)c(-c3ccnn3-c3ccc4c(c3)OCO4)n2)c1. The molecule has 0 spiro atoms. The van der Waals surface area contributed by atoms with Crippen molar-refractivity contribution in [2.75, 3.05) is 20.9 Å². The van der Waals surface area contributed by atoms with Crippen molar-refractivity contribution < 1.29 is 17.9 Å². The van der Waals surface area contributed by atoms with Crippen molar-refractivity contribution >= 4 is 10.0 Å². The Morgan fingerprint density at radius 1 is 0.970 bits per heavy atom. The third-order valence-electron chi connectivity index (χ3n) is 5.16. The summed E-state index contributed by atoms with van der Waals surface area (Å²) in [4.78, 5) is 12.8. The van der Waals surface area contributed by atoms with E-state index in [0.717, 1.165) is 4.31 Å². The van der Waals surface area contributed by atoms with Crippen LogP contribution in [0.15, 0.2) is 76.7 Å². The molecule has 0 saturated carbocycles. The van der Waals surface area contributed by atoms with Gasteiger partial charge < -0.3 is 9.47 Å². The molecule has 2 aromatic heterocycles. The summed E-state index contributed by atoms with van der Waals surface area (Å²) in [5, 5.41) is 8.84. The van der Waals surface area contributed by atoms with Gasteiger partial charge in [-0.25, -0.2) is 22.1 Å². The maximum absolute atomic E-state index is 12.7. The Bertz CT molecular complexity index is 1520. The van der Waals surface area contributed by atoms with Gasteiger partial charge in [-0.15, -0.1) is 0 Å². The summed E-state index contributed by atoms with van der Waals surface area (Å²) in [5.74, 6) is 1.23. The maximum atomic E-state index is 12.7. The minimum atomic E-state index is -3.62. The standard InChI is InChI=1S/C22H19N5O5S/c1-25(2)33(29,30)17-5-3-4-15(12-17)26-11-9-19(28)22(24-26)18-8-10-23-27(18)16-6-7-20-21(13-16)32-14-31-20/h3-13H,14H2,1-2H3. The van der Waals surface area contributed by atoms with Crippen LogP contribution < -0.4 is 14.9 Å². The second-order valence-corrected chi connectivity index (χ2v) is 9.58. The lowest BCUT2D eigenvalue weighted by Crippen LogP contribution is -2.22. The van der Waals surface area contributed by atoms with E-state index in [0.29, 0.717) is 28.6 Å². The van der Waals surface area contributed by atoms with Crippen LogP contribution in [0.25, 0.3) is 22.8 Å². The minimum absolute atomic E-state index is 0.123. The summed E-state index contributed by atoms with van der Waals surface area (Å²) >= 11 is 0. The van der Waals surface area contributed by atoms with E-state index in [-0.39, 0.29) is 22.8 Å². The fraction of sp³-hybridized carbons (Fsp3) is 0.136. The van der Waals surface area contributed by atoms with Crippen LogP contribution in [-0.4, -0.2) is 53.2 Å². The molecule has 4 aromatic rings. The van der Waals surface area contributed by atoms with Crippen LogP contribution in [-0.2, 0) is 10.0 Å². The number of nitrogens with zero attached hydrogens (tertiary/aromatic N) is 5. The van der Waals surface area contributed by atoms with Crippen molar-refractivity contribution in [1.82, 2.24) is 23.9 Å². The molecule has 0 radical (unpaired) electrons. The number of hydrogen-bond acceptors (Lipinski definition) is 7. The molecule has 33 heavy (non-hydrogen) atoms. The Balaban J connectivity index is 1.59. The van der Waals surface area contributed by atoms with Crippen molar-refractivity contribution in [1.29, 1.82) is 0 Å². The van der Waals surface area contributed by atoms with E-state index in [9.17, 15) is 13.2 Å². The zero-order valence-corrected chi connectivity index (χ0v) is 18.6. The smallest absolute Gasteiger partial charge is 0.242 e. The fourth-order valence-electron chi connectivity index (χ4n) is 3.43. The Labute approximate surface area is 189 Å².